The molecule has 0 aliphatic carbocycles. The number of carbonyl (C=O) groups is 1. The first kappa shape index (κ1) is 20.0. The Labute approximate surface area is 173 Å². The SMILES string of the molecule is O=C(c1ccc(F)cc1)C1CCN(CCCCc2ccc3[nH]c(=O)sc3c2)CC1. The molecule has 6 heteroatoms. The summed E-state index contributed by atoms with van der Waals surface area (Å²) in [6.45, 7) is 2.94. The average Bonchev–Trinajstić information content (AvgIpc) is 3.11. The van der Waals surface area contributed by atoms with Crippen molar-refractivity contribution in [2.45, 2.75) is 32.1 Å². The quantitative estimate of drug-likeness (QED) is 0.454. The number of unbranched alkanes of at least 4 members (excludes halogenated alkanes) is 1. The Morgan fingerprint density at radius 1 is 1.10 bits per heavy atom. The number of aryl methyl sites for hydroxylation is 1. The summed E-state index contributed by atoms with van der Waals surface area (Å²) in [6, 6.07) is 12.1. The molecule has 0 unspecified atom stereocenters. The van der Waals surface area contributed by atoms with Gasteiger partial charge in [-0.25, -0.2) is 4.39 Å². The molecule has 4 nitrogen and oxygen atoms in total. The Morgan fingerprint density at radius 3 is 2.62 bits per heavy atom. The molecular formula is C23H25FN2O2S. The summed E-state index contributed by atoms with van der Waals surface area (Å²) in [5, 5.41) is 0. The molecule has 1 fully saturated rings. The number of hydrogen-bond donors (Lipinski definition) is 1. The van der Waals surface area contributed by atoms with Crippen LogP contribution in [0.15, 0.2) is 47.3 Å². The molecule has 0 atom stereocenters. The number of fused-ring (bicyclic) bond motifs is 1. The van der Waals surface area contributed by atoms with Crippen molar-refractivity contribution in [3.63, 3.8) is 0 Å². The van der Waals surface area contributed by atoms with Crippen molar-refractivity contribution < 1.29 is 9.18 Å². The molecule has 0 saturated carbocycles. The number of H-pyrrole nitrogens is 1. The van der Waals surface area contributed by atoms with Gasteiger partial charge in [0.25, 0.3) is 0 Å². The zero-order valence-electron chi connectivity index (χ0n) is 16.3. The highest BCUT2D eigenvalue weighted by Crippen LogP contribution is 2.23. The maximum absolute atomic E-state index is 13.0. The number of carbonyl (C=O) groups excluding carboxylic acids is 1. The van der Waals surface area contributed by atoms with Crippen molar-refractivity contribution in [1.29, 1.82) is 0 Å². The Kier molecular flexibility index (Phi) is 6.21. The minimum absolute atomic E-state index is 0.00142. The van der Waals surface area contributed by atoms with Gasteiger partial charge in [-0.2, -0.15) is 0 Å². The second-order valence-corrected chi connectivity index (χ2v) is 8.80. The first-order valence-corrected chi connectivity index (χ1v) is 11.0. The van der Waals surface area contributed by atoms with Gasteiger partial charge in [-0.15, -0.1) is 0 Å². The number of Topliss-reactive ketones (excluding diaryl/α,β-unsaturated/α-hetero) is 1. The van der Waals surface area contributed by atoms with E-state index in [1.165, 1.54) is 29.0 Å². The van der Waals surface area contributed by atoms with Gasteiger partial charge in [0.05, 0.1) is 10.2 Å². The number of rotatable bonds is 7. The molecule has 152 valence electrons. The van der Waals surface area contributed by atoms with E-state index in [0.29, 0.717) is 5.56 Å². The molecule has 2 heterocycles. The number of nitrogens with one attached hydrogen (secondary N) is 1. The smallest absolute Gasteiger partial charge is 0.305 e. The first-order valence-electron chi connectivity index (χ1n) is 10.2. The van der Waals surface area contributed by atoms with E-state index >= 15 is 0 Å². The standard InChI is InChI=1S/C23H25FN2O2S/c24-19-7-5-17(6-8-19)22(27)18-10-13-26(14-11-18)12-2-1-3-16-4-9-20-21(15-16)29-23(28)25-20/h4-9,15,18H,1-3,10-14H2,(H,25,28). The summed E-state index contributed by atoms with van der Waals surface area (Å²) in [7, 11) is 0. The molecule has 3 aromatic rings. The van der Waals surface area contributed by atoms with Gasteiger partial charge < -0.3 is 9.88 Å². The Hall–Kier alpha value is -2.31. The molecule has 29 heavy (non-hydrogen) atoms. The van der Waals surface area contributed by atoms with Crippen LogP contribution >= 0.6 is 11.3 Å². The molecule has 2 aromatic carbocycles. The molecule has 0 spiro atoms. The van der Waals surface area contributed by atoms with Crippen LogP contribution in [0.4, 0.5) is 4.39 Å². The van der Waals surface area contributed by atoms with Crippen molar-refractivity contribution in [3.05, 3.63) is 69.1 Å². The van der Waals surface area contributed by atoms with Gasteiger partial charge >= 0.3 is 4.87 Å². The number of likely N-dealkylation sites (tertiary alicyclic amines) is 1. The lowest BCUT2D eigenvalue weighted by atomic mass is 9.89. The number of aromatic amines is 1. The number of nitrogens with zero attached hydrogens (tertiary/aromatic N) is 1. The fourth-order valence-electron chi connectivity index (χ4n) is 4.08. The van der Waals surface area contributed by atoms with Gasteiger partial charge in [0.15, 0.2) is 5.78 Å². The van der Waals surface area contributed by atoms with Crippen LogP contribution in [0.3, 0.4) is 0 Å². The van der Waals surface area contributed by atoms with Crippen molar-refractivity contribution in [2.24, 2.45) is 5.92 Å². The molecule has 1 N–H and O–H groups in total. The third-order valence-corrected chi connectivity index (χ3v) is 6.61. The molecule has 1 saturated heterocycles. The lowest BCUT2D eigenvalue weighted by Crippen LogP contribution is -2.37. The molecule has 4 rings (SSSR count). The number of aromatic nitrogens is 1. The fourth-order valence-corrected chi connectivity index (χ4v) is 4.88. The van der Waals surface area contributed by atoms with Crippen molar-refractivity contribution in [1.82, 2.24) is 9.88 Å². The van der Waals surface area contributed by atoms with Gasteiger partial charge in [-0.05, 0) is 93.7 Å². The van der Waals surface area contributed by atoms with Crippen LogP contribution in [0.25, 0.3) is 10.2 Å². The molecule has 1 aliphatic heterocycles. The van der Waals surface area contributed by atoms with Crippen LogP contribution in [-0.4, -0.2) is 35.3 Å². The first-order chi connectivity index (χ1) is 14.1. The number of benzene rings is 2. The number of hydrogen-bond acceptors (Lipinski definition) is 4. The minimum atomic E-state index is -0.305. The highest BCUT2D eigenvalue weighted by atomic mass is 32.1. The summed E-state index contributed by atoms with van der Waals surface area (Å²) < 4.78 is 14.1. The predicted molar refractivity (Wildman–Crippen MR) is 115 cm³/mol. The fraction of sp³-hybridized carbons (Fsp3) is 0.391. The van der Waals surface area contributed by atoms with Gasteiger partial charge in [-0.1, -0.05) is 17.4 Å². The van der Waals surface area contributed by atoms with Gasteiger partial charge in [0.2, 0.25) is 0 Å². The molecule has 1 aromatic heterocycles. The zero-order valence-corrected chi connectivity index (χ0v) is 17.1. The van der Waals surface area contributed by atoms with E-state index in [4.69, 9.17) is 0 Å². The second kappa shape index (κ2) is 9.01. The summed E-state index contributed by atoms with van der Waals surface area (Å²) in [6.07, 6.45) is 5.00. The number of thiazole rings is 1. The van der Waals surface area contributed by atoms with E-state index in [9.17, 15) is 14.0 Å². The monoisotopic (exact) mass is 412 g/mol. The highest BCUT2D eigenvalue weighted by Gasteiger charge is 2.25. The van der Waals surface area contributed by atoms with Crippen LogP contribution in [0.1, 0.15) is 41.6 Å². The normalized spacial score (nSPS) is 15.8. The molecule has 0 radical (unpaired) electrons. The van der Waals surface area contributed by atoms with Crippen LogP contribution in [0, 0.1) is 11.7 Å². The summed E-state index contributed by atoms with van der Waals surface area (Å²) in [5.41, 5.74) is 2.81. The summed E-state index contributed by atoms with van der Waals surface area (Å²) >= 11 is 1.26. The zero-order chi connectivity index (χ0) is 20.2. The van der Waals surface area contributed by atoms with E-state index in [2.05, 4.69) is 22.0 Å². The lowest BCUT2D eigenvalue weighted by molar-refractivity contribution is 0.0839. The van der Waals surface area contributed by atoms with E-state index < -0.39 is 0 Å². The van der Waals surface area contributed by atoms with Crippen LogP contribution in [0.5, 0.6) is 0 Å². The Morgan fingerprint density at radius 2 is 1.86 bits per heavy atom. The van der Waals surface area contributed by atoms with Crippen LogP contribution in [-0.2, 0) is 6.42 Å². The Bertz CT molecular complexity index is 1030. The average molecular weight is 413 g/mol. The van der Waals surface area contributed by atoms with E-state index in [1.807, 2.05) is 6.07 Å². The molecule has 0 bridgehead atoms. The van der Waals surface area contributed by atoms with Gasteiger partial charge in [0.1, 0.15) is 5.82 Å². The van der Waals surface area contributed by atoms with E-state index in [-0.39, 0.29) is 22.4 Å². The number of halogens is 1. The van der Waals surface area contributed by atoms with E-state index in [0.717, 1.165) is 62.0 Å². The maximum Gasteiger partial charge on any atom is 0.305 e. The minimum Gasteiger partial charge on any atom is -0.312 e. The predicted octanol–water partition coefficient (Wildman–Crippen LogP) is 4.65. The number of ketones is 1. The highest BCUT2D eigenvalue weighted by molar-refractivity contribution is 7.16. The summed E-state index contributed by atoms with van der Waals surface area (Å²) in [5.74, 6) is -0.107. The van der Waals surface area contributed by atoms with Gasteiger partial charge in [0, 0.05) is 11.5 Å². The van der Waals surface area contributed by atoms with Crippen molar-refractivity contribution in [3.8, 4) is 0 Å². The van der Waals surface area contributed by atoms with E-state index in [1.54, 1.807) is 12.1 Å². The summed E-state index contributed by atoms with van der Waals surface area (Å²) in [4.78, 5) is 29.3. The van der Waals surface area contributed by atoms with Crippen molar-refractivity contribution >= 4 is 27.3 Å². The van der Waals surface area contributed by atoms with Gasteiger partial charge in [-0.3, -0.25) is 9.59 Å². The maximum atomic E-state index is 13.0. The van der Waals surface area contributed by atoms with Crippen LogP contribution < -0.4 is 4.87 Å². The molecule has 0 amide bonds. The van der Waals surface area contributed by atoms with Crippen LogP contribution in [0.2, 0.25) is 0 Å². The topological polar surface area (TPSA) is 53.2 Å². The molecular weight excluding hydrogens is 387 g/mol. The third kappa shape index (κ3) is 5.00. The second-order valence-electron chi connectivity index (χ2n) is 7.79. The third-order valence-electron chi connectivity index (χ3n) is 5.76. The molecule has 1 aliphatic rings. The van der Waals surface area contributed by atoms with Crippen molar-refractivity contribution in [2.75, 3.05) is 19.6 Å². The lowest BCUT2D eigenvalue weighted by Gasteiger charge is -2.31. The number of piperidine rings is 1. The largest absolute Gasteiger partial charge is 0.312 e. The Balaban J connectivity index is 1.19.